The largest absolute Gasteiger partial charge is 0.417 e. The minimum atomic E-state index is -4.55. The standard InChI is InChI=1S/C14H13BrF3NO/c15-9-6-7-11(12(8-9)14(16,17)18)13(20)19-10-4-2-1-3-5-10/h1-2,6-8,10H,3-5H2,(H,19,20). The second-order valence-electron chi connectivity index (χ2n) is 4.64. The van der Waals surface area contributed by atoms with Crippen molar-refractivity contribution >= 4 is 21.8 Å². The smallest absolute Gasteiger partial charge is 0.349 e. The highest BCUT2D eigenvalue weighted by atomic mass is 79.9. The normalized spacial score (nSPS) is 18.9. The maximum absolute atomic E-state index is 13.0. The SMILES string of the molecule is O=C(NC1CC=CCC1)c1ccc(Br)cc1C(F)(F)F. The Hall–Kier alpha value is -1.30. The Morgan fingerprint density at radius 2 is 2.05 bits per heavy atom. The van der Waals surface area contributed by atoms with Crippen molar-refractivity contribution in [1.82, 2.24) is 5.32 Å². The van der Waals surface area contributed by atoms with Crippen molar-refractivity contribution in [3.63, 3.8) is 0 Å². The number of rotatable bonds is 2. The molecule has 1 aliphatic rings. The number of carbonyl (C=O) groups is 1. The number of alkyl halides is 3. The van der Waals surface area contributed by atoms with Crippen LogP contribution in [0.5, 0.6) is 0 Å². The van der Waals surface area contributed by atoms with Crippen LogP contribution in [0.2, 0.25) is 0 Å². The fourth-order valence-corrected chi connectivity index (χ4v) is 2.50. The number of hydrogen-bond acceptors (Lipinski definition) is 1. The fraction of sp³-hybridized carbons (Fsp3) is 0.357. The number of amides is 1. The fourth-order valence-electron chi connectivity index (χ4n) is 2.14. The molecule has 1 unspecified atom stereocenters. The third-order valence-electron chi connectivity index (χ3n) is 3.14. The van der Waals surface area contributed by atoms with Gasteiger partial charge in [0.05, 0.1) is 11.1 Å². The molecule has 0 radical (unpaired) electrons. The minimum Gasteiger partial charge on any atom is -0.349 e. The van der Waals surface area contributed by atoms with Crippen LogP contribution >= 0.6 is 15.9 Å². The molecule has 0 heterocycles. The first-order valence-electron chi connectivity index (χ1n) is 6.20. The van der Waals surface area contributed by atoms with Gasteiger partial charge in [0.25, 0.3) is 5.91 Å². The molecule has 0 aromatic heterocycles. The predicted octanol–water partition coefficient (Wildman–Crippen LogP) is 4.31. The Kier molecular flexibility index (Phi) is 4.52. The summed E-state index contributed by atoms with van der Waals surface area (Å²) in [6, 6.07) is 3.46. The molecule has 0 aliphatic heterocycles. The highest BCUT2D eigenvalue weighted by Crippen LogP contribution is 2.34. The van der Waals surface area contributed by atoms with E-state index < -0.39 is 17.6 Å². The highest BCUT2D eigenvalue weighted by molar-refractivity contribution is 9.10. The molecule has 0 spiro atoms. The summed E-state index contributed by atoms with van der Waals surface area (Å²) >= 11 is 3.00. The van der Waals surface area contributed by atoms with E-state index in [1.807, 2.05) is 12.2 Å². The summed E-state index contributed by atoms with van der Waals surface area (Å²) < 4.78 is 39.2. The van der Waals surface area contributed by atoms with Crippen LogP contribution in [0, 0.1) is 0 Å². The number of carbonyl (C=O) groups excluding carboxylic acids is 1. The molecular weight excluding hydrogens is 335 g/mol. The van der Waals surface area contributed by atoms with Crippen LogP contribution in [0.3, 0.4) is 0 Å². The van der Waals surface area contributed by atoms with E-state index in [-0.39, 0.29) is 11.6 Å². The van der Waals surface area contributed by atoms with Crippen molar-refractivity contribution in [1.29, 1.82) is 0 Å². The minimum absolute atomic E-state index is 0.0998. The molecule has 0 saturated heterocycles. The number of benzene rings is 1. The van der Waals surface area contributed by atoms with Gasteiger partial charge in [0, 0.05) is 10.5 Å². The van der Waals surface area contributed by atoms with Gasteiger partial charge in [-0.25, -0.2) is 0 Å². The topological polar surface area (TPSA) is 29.1 Å². The zero-order chi connectivity index (χ0) is 14.8. The van der Waals surface area contributed by atoms with E-state index in [1.165, 1.54) is 12.1 Å². The van der Waals surface area contributed by atoms with Crippen molar-refractivity contribution in [2.24, 2.45) is 0 Å². The molecule has 2 rings (SSSR count). The molecule has 0 bridgehead atoms. The second-order valence-corrected chi connectivity index (χ2v) is 5.56. The van der Waals surface area contributed by atoms with Gasteiger partial charge in [0.2, 0.25) is 0 Å². The third kappa shape index (κ3) is 3.62. The Labute approximate surface area is 123 Å². The highest BCUT2D eigenvalue weighted by Gasteiger charge is 2.35. The van der Waals surface area contributed by atoms with Crippen molar-refractivity contribution in [2.75, 3.05) is 0 Å². The second kappa shape index (κ2) is 5.99. The number of nitrogens with one attached hydrogen (secondary N) is 1. The lowest BCUT2D eigenvalue weighted by Crippen LogP contribution is -2.36. The van der Waals surface area contributed by atoms with Crippen LogP contribution in [0.15, 0.2) is 34.8 Å². The van der Waals surface area contributed by atoms with Gasteiger partial charge >= 0.3 is 6.18 Å². The average Bonchev–Trinajstić information content (AvgIpc) is 2.38. The first-order chi connectivity index (χ1) is 9.38. The van der Waals surface area contributed by atoms with Crippen LogP contribution in [-0.2, 0) is 6.18 Å². The van der Waals surface area contributed by atoms with E-state index >= 15 is 0 Å². The maximum atomic E-state index is 13.0. The lowest BCUT2D eigenvalue weighted by atomic mass is 10.0. The van der Waals surface area contributed by atoms with E-state index in [0.29, 0.717) is 10.9 Å². The molecule has 108 valence electrons. The maximum Gasteiger partial charge on any atom is 0.417 e. The summed E-state index contributed by atoms with van der Waals surface area (Å²) in [7, 11) is 0. The van der Waals surface area contributed by atoms with Crippen LogP contribution < -0.4 is 5.32 Å². The lowest BCUT2D eigenvalue weighted by Gasteiger charge is -2.20. The van der Waals surface area contributed by atoms with Crippen molar-refractivity contribution in [2.45, 2.75) is 31.5 Å². The van der Waals surface area contributed by atoms with Crippen molar-refractivity contribution < 1.29 is 18.0 Å². The van der Waals surface area contributed by atoms with Gasteiger partial charge in [-0.3, -0.25) is 4.79 Å². The third-order valence-corrected chi connectivity index (χ3v) is 3.63. The van der Waals surface area contributed by atoms with E-state index in [0.717, 1.165) is 18.9 Å². The number of hydrogen-bond donors (Lipinski definition) is 1. The summed E-state index contributed by atoms with van der Waals surface area (Å²) in [6.45, 7) is 0. The van der Waals surface area contributed by atoms with E-state index in [1.54, 1.807) is 0 Å². The van der Waals surface area contributed by atoms with Crippen LogP contribution in [0.1, 0.15) is 35.2 Å². The molecule has 20 heavy (non-hydrogen) atoms. The monoisotopic (exact) mass is 347 g/mol. The van der Waals surface area contributed by atoms with Crippen LogP contribution in [0.25, 0.3) is 0 Å². The Morgan fingerprint density at radius 3 is 2.65 bits per heavy atom. The average molecular weight is 348 g/mol. The molecular formula is C14H13BrF3NO. The van der Waals surface area contributed by atoms with Crippen LogP contribution in [-0.4, -0.2) is 11.9 Å². The molecule has 1 atom stereocenters. The van der Waals surface area contributed by atoms with Gasteiger partial charge in [-0.1, -0.05) is 28.1 Å². The summed E-state index contributed by atoms with van der Waals surface area (Å²) in [5.41, 5.74) is -1.26. The molecule has 1 aliphatic carbocycles. The Morgan fingerprint density at radius 1 is 1.30 bits per heavy atom. The summed E-state index contributed by atoms with van der Waals surface area (Å²) in [4.78, 5) is 12.0. The molecule has 2 nitrogen and oxygen atoms in total. The first kappa shape index (κ1) is 15.1. The van der Waals surface area contributed by atoms with E-state index in [2.05, 4.69) is 21.2 Å². The lowest BCUT2D eigenvalue weighted by molar-refractivity contribution is -0.138. The predicted molar refractivity (Wildman–Crippen MR) is 73.4 cm³/mol. The number of allylic oxidation sites excluding steroid dienone is 1. The van der Waals surface area contributed by atoms with Gasteiger partial charge in [-0.15, -0.1) is 0 Å². The van der Waals surface area contributed by atoms with Crippen LogP contribution in [0.4, 0.5) is 13.2 Å². The van der Waals surface area contributed by atoms with E-state index in [9.17, 15) is 18.0 Å². The molecule has 1 aromatic carbocycles. The molecule has 0 saturated carbocycles. The molecule has 1 amide bonds. The molecule has 6 heteroatoms. The van der Waals surface area contributed by atoms with E-state index in [4.69, 9.17) is 0 Å². The molecule has 1 N–H and O–H groups in total. The van der Waals surface area contributed by atoms with Gasteiger partial charge in [-0.2, -0.15) is 13.2 Å². The Balaban J connectivity index is 2.23. The van der Waals surface area contributed by atoms with Gasteiger partial charge in [0.1, 0.15) is 0 Å². The Bertz CT molecular complexity index is 540. The zero-order valence-electron chi connectivity index (χ0n) is 10.5. The number of halogens is 4. The summed E-state index contributed by atoms with van der Waals surface area (Å²) in [5.74, 6) is -0.676. The van der Waals surface area contributed by atoms with Crippen molar-refractivity contribution in [3.05, 3.63) is 46.0 Å². The summed E-state index contributed by atoms with van der Waals surface area (Å²) in [5, 5.41) is 2.66. The van der Waals surface area contributed by atoms with Gasteiger partial charge < -0.3 is 5.32 Å². The van der Waals surface area contributed by atoms with Gasteiger partial charge in [-0.05, 0) is 37.5 Å². The quantitative estimate of drug-likeness (QED) is 0.793. The summed E-state index contributed by atoms with van der Waals surface area (Å²) in [6.07, 6.45) is 1.62. The first-order valence-corrected chi connectivity index (χ1v) is 7.00. The zero-order valence-corrected chi connectivity index (χ0v) is 12.1. The molecule has 0 fully saturated rings. The van der Waals surface area contributed by atoms with Gasteiger partial charge in [0.15, 0.2) is 0 Å². The molecule has 1 aromatic rings. The van der Waals surface area contributed by atoms with Crippen molar-refractivity contribution in [3.8, 4) is 0 Å².